The van der Waals surface area contributed by atoms with E-state index >= 15 is 0 Å². The van der Waals surface area contributed by atoms with Gasteiger partial charge in [-0.2, -0.15) is 0 Å². The molecular weight excluding hydrogens is 624 g/mol. The zero-order chi connectivity index (χ0) is 28.8. The van der Waals surface area contributed by atoms with Gasteiger partial charge in [0.2, 0.25) is 0 Å². The first-order valence-corrected chi connectivity index (χ1v) is 17.9. The molecule has 0 N–H and O–H groups in total. The summed E-state index contributed by atoms with van der Waals surface area (Å²) in [5, 5.41) is 1.17. The third-order valence-corrected chi connectivity index (χ3v) is 13.0. The van der Waals surface area contributed by atoms with Crippen LogP contribution in [0, 0.1) is 0 Å². The molecule has 10 rings (SSSR count). The van der Waals surface area contributed by atoms with Crippen molar-refractivity contribution < 1.29 is 9.15 Å². The van der Waals surface area contributed by atoms with Crippen molar-refractivity contribution in [3.05, 3.63) is 121 Å². The van der Waals surface area contributed by atoms with E-state index in [0.29, 0.717) is 0 Å². The molecule has 0 atom stereocenters. The first-order valence-electron chi connectivity index (χ1n) is 15.3. The average molecular weight is 650 g/mol. The first-order chi connectivity index (χ1) is 21.8. The summed E-state index contributed by atoms with van der Waals surface area (Å²) in [7, 11) is 0. The van der Waals surface area contributed by atoms with Gasteiger partial charge in [0.1, 0.15) is 0 Å². The van der Waals surface area contributed by atoms with Gasteiger partial charge in [0.05, 0.1) is 0 Å². The summed E-state index contributed by atoms with van der Waals surface area (Å²) in [6, 6.07) is 38.1. The van der Waals surface area contributed by atoms with Crippen LogP contribution in [0.1, 0.15) is 25.7 Å². The molecule has 1 aromatic heterocycles. The molecule has 0 amide bonds. The third-order valence-electron chi connectivity index (χ3n) is 9.43. The number of anilines is 2. The summed E-state index contributed by atoms with van der Waals surface area (Å²) in [6.07, 6.45) is 6.36. The molecule has 44 heavy (non-hydrogen) atoms. The van der Waals surface area contributed by atoms with Gasteiger partial charge in [-0.1, -0.05) is 0 Å². The molecule has 6 heteroatoms. The van der Waals surface area contributed by atoms with Gasteiger partial charge in [-0.3, -0.25) is 0 Å². The molecule has 0 saturated carbocycles. The van der Waals surface area contributed by atoms with E-state index in [2.05, 4.69) is 95.9 Å². The second-order valence-electron chi connectivity index (χ2n) is 11.9. The van der Waals surface area contributed by atoms with E-state index < -0.39 is 0 Å². The summed E-state index contributed by atoms with van der Waals surface area (Å²) in [4.78, 5) is 5.21. The Morgan fingerprint density at radius 2 is 1.66 bits per heavy atom. The second-order valence-corrected chi connectivity index (χ2v) is 15.3. The summed E-state index contributed by atoms with van der Waals surface area (Å²) in [6.45, 7) is 0.219. The Morgan fingerprint density at radius 3 is 2.66 bits per heavy atom. The average Bonchev–Trinajstić information content (AvgIpc) is 3.51. The number of allylic oxidation sites excluding steroid dienone is 2. The van der Waals surface area contributed by atoms with Crippen LogP contribution in [0.25, 0.3) is 22.1 Å². The van der Waals surface area contributed by atoms with Gasteiger partial charge in [-0.05, 0) is 0 Å². The van der Waals surface area contributed by atoms with E-state index in [9.17, 15) is 0 Å². The normalized spacial score (nSPS) is 16.1. The van der Waals surface area contributed by atoms with Crippen molar-refractivity contribution in [2.24, 2.45) is 0 Å². The summed E-state index contributed by atoms with van der Waals surface area (Å²) in [5.74, 6) is 2.09. The predicted octanol–water partition coefficient (Wildman–Crippen LogP) is 6.37. The molecular formula is C38H26BNO2SSe. The molecule has 0 spiro atoms. The molecule has 4 aliphatic rings. The number of hydrogen-bond acceptors (Lipinski definition) is 4. The fourth-order valence-electron chi connectivity index (χ4n) is 7.44. The Labute approximate surface area is 267 Å². The summed E-state index contributed by atoms with van der Waals surface area (Å²) < 4.78 is 15.4. The standard InChI is InChI=1S/C38H26BNO2SSe/c1-4-11-31-25(8-1)26(22-41-31)23-16-19-36-28(20-23)39-27-18-17-24(21-35(27)43-34-14-7-15-37(44-36)38(34)39)40-29-9-2-5-12-32(29)42-33-13-6-3-10-30(33)40/h1-2,4-5,7-9,11-12,14-22H,3,6,10,13H2. The Kier molecular flexibility index (Phi) is 5.57. The van der Waals surface area contributed by atoms with E-state index in [4.69, 9.17) is 9.15 Å². The van der Waals surface area contributed by atoms with Crippen molar-refractivity contribution in [3.8, 4) is 16.9 Å². The number of ether oxygens (including phenoxy) is 1. The molecule has 0 bridgehead atoms. The molecule has 210 valence electrons. The van der Waals surface area contributed by atoms with E-state index in [1.54, 1.807) is 0 Å². The monoisotopic (exact) mass is 651 g/mol. The number of fused-ring (bicyclic) bond motifs is 6. The summed E-state index contributed by atoms with van der Waals surface area (Å²) in [5.41, 5.74) is 11.4. The first kappa shape index (κ1) is 25.3. The summed E-state index contributed by atoms with van der Waals surface area (Å²) >= 11 is 2.21. The van der Waals surface area contributed by atoms with Gasteiger partial charge in [0.25, 0.3) is 0 Å². The minimum absolute atomic E-state index is 0.219. The maximum atomic E-state index is 6.44. The zero-order valence-corrected chi connectivity index (χ0v) is 26.4. The molecule has 3 aliphatic heterocycles. The van der Waals surface area contributed by atoms with Crippen LogP contribution in [0.4, 0.5) is 11.4 Å². The number of hydrogen-bond donors (Lipinski definition) is 0. The molecule has 5 aromatic carbocycles. The van der Waals surface area contributed by atoms with Crippen molar-refractivity contribution >= 4 is 81.1 Å². The molecule has 1 aliphatic carbocycles. The number of benzene rings is 5. The van der Waals surface area contributed by atoms with Gasteiger partial charge < -0.3 is 0 Å². The van der Waals surface area contributed by atoms with Crippen LogP contribution in [-0.2, 0) is 0 Å². The molecule has 3 nitrogen and oxygen atoms in total. The van der Waals surface area contributed by atoms with Crippen molar-refractivity contribution in [2.45, 2.75) is 35.5 Å². The van der Waals surface area contributed by atoms with Crippen LogP contribution in [0.2, 0.25) is 0 Å². The van der Waals surface area contributed by atoms with Crippen molar-refractivity contribution in [2.75, 3.05) is 4.90 Å². The molecule has 4 heterocycles. The van der Waals surface area contributed by atoms with Gasteiger partial charge >= 0.3 is 268 Å². The van der Waals surface area contributed by atoms with Gasteiger partial charge in [-0.15, -0.1) is 0 Å². The number of para-hydroxylation sites is 3. The number of rotatable bonds is 2. The topological polar surface area (TPSA) is 25.6 Å². The van der Waals surface area contributed by atoms with Gasteiger partial charge in [-0.25, -0.2) is 0 Å². The number of nitrogens with zero attached hydrogens (tertiary/aromatic N) is 1. The van der Waals surface area contributed by atoms with Crippen LogP contribution in [0.3, 0.4) is 0 Å². The van der Waals surface area contributed by atoms with Gasteiger partial charge in [0, 0.05) is 0 Å². The Bertz CT molecular complexity index is 2200. The van der Waals surface area contributed by atoms with Crippen LogP contribution < -0.4 is 34.9 Å². The molecule has 0 radical (unpaired) electrons. The van der Waals surface area contributed by atoms with Crippen LogP contribution in [-0.4, -0.2) is 21.7 Å². The van der Waals surface area contributed by atoms with E-state index in [1.165, 1.54) is 75.8 Å². The van der Waals surface area contributed by atoms with Gasteiger partial charge in [0.15, 0.2) is 0 Å². The van der Waals surface area contributed by atoms with Crippen molar-refractivity contribution in [1.82, 2.24) is 0 Å². The van der Waals surface area contributed by atoms with Crippen molar-refractivity contribution in [1.29, 1.82) is 0 Å². The number of furan rings is 1. The quantitative estimate of drug-likeness (QED) is 0.204. The predicted molar refractivity (Wildman–Crippen MR) is 183 cm³/mol. The SMILES string of the molecule is c1ccc2c(c1)OC1=C(CCCC1)N2c1ccc2c(c1)Sc1cccc3c1B2c1cc(-c2coc4ccccc24)ccc1[Se]3. The van der Waals surface area contributed by atoms with Crippen molar-refractivity contribution in [3.63, 3.8) is 0 Å². The van der Waals surface area contributed by atoms with Crippen LogP contribution in [0.5, 0.6) is 5.75 Å². The van der Waals surface area contributed by atoms with Crippen LogP contribution >= 0.6 is 11.8 Å². The molecule has 0 unspecified atom stereocenters. The molecule has 6 aromatic rings. The van der Waals surface area contributed by atoms with Crippen LogP contribution in [0.15, 0.2) is 135 Å². The maximum absolute atomic E-state index is 6.44. The van der Waals surface area contributed by atoms with E-state index in [1.807, 2.05) is 30.2 Å². The van der Waals surface area contributed by atoms with E-state index in [0.717, 1.165) is 35.6 Å². The Hall–Kier alpha value is -4.09. The molecule has 0 saturated heterocycles. The Balaban J connectivity index is 1.14. The second kappa shape index (κ2) is 9.71. The Morgan fingerprint density at radius 1 is 0.750 bits per heavy atom. The molecule has 0 fully saturated rings. The fraction of sp³-hybridized carbons (Fsp3) is 0.105. The van der Waals surface area contributed by atoms with E-state index in [-0.39, 0.29) is 21.7 Å². The fourth-order valence-corrected chi connectivity index (χ4v) is 11.2. The minimum atomic E-state index is 0.219. The third kappa shape index (κ3) is 3.72. The zero-order valence-electron chi connectivity index (χ0n) is 23.9.